The number of ether oxygens (including phenoxy) is 2. The van der Waals surface area contributed by atoms with E-state index < -0.39 is 11.9 Å². The van der Waals surface area contributed by atoms with Crippen LogP contribution in [0.3, 0.4) is 0 Å². The first-order valence-electron chi connectivity index (χ1n) is 10.5. The van der Waals surface area contributed by atoms with Crippen molar-refractivity contribution in [2.45, 2.75) is 43.7 Å². The number of para-hydroxylation sites is 1. The molecule has 0 unspecified atom stereocenters. The Bertz CT molecular complexity index is 1110. The van der Waals surface area contributed by atoms with E-state index in [9.17, 15) is 18.8 Å². The zero-order valence-corrected chi connectivity index (χ0v) is 17.9. The molecule has 8 heteroatoms. The Morgan fingerprint density at radius 3 is 2.69 bits per heavy atom. The van der Waals surface area contributed by atoms with Crippen LogP contribution >= 0.6 is 11.6 Å². The summed E-state index contributed by atoms with van der Waals surface area (Å²) in [6, 6.07) is 11.0. The quantitative estimate of drug-likeness (QED) is 0.682. The predicted molar refractivity (Wildman–Crippen MR) is 113 cm³/mol. The van der Waals surface area contributed by atoms with E-state index in [1.165, 1.54) is 12.1 Å². The molecule has 32 heavy (non-hydrogen) atoms. The van der Waals surface area contributed by atoms with E-state index in [-0.39, 0.29) is 52.2 Å². The fraction of sp³-hybridized carbons (Fsp3) is 0.375. The monoisotopic (exact) mass is 457 g/mol. The second kappa shape index (κ2) is 7.59. The molecule has 1 atom stereocenters. The van der Waals surface area contributed by atoms with Crippen LogP contribution in [0.2, 0.25) is 5.02 Å². The molecule has 0 radical (unpaired) electrons. The van der Waals surface area contributed by atoms with Crippen LogP contribution in [0.5, 0.6) is 11.5 Å². The van der Waals surface area contributed by atoms with Gasteiger partial charge in [-0.2, -0.15) is 0 Å². The van der Waals surface area contributed by atoms with Crippen molar-refractivity contribution >= 4 is 29.1 Å². The highest BCUT2D eigenvalue weighted by atomic mass is 35.5. The number of rotatable bonds is 7. The highest BCUT2D eigenvalue weighted by molar-refractivity contribution is 6.30. The van der Waals surface area contributed by atoms with Crippen molar-refractivity contribution in [1.29, 1.82) is 0 Å². The molecular weight excluding hydrogens is 437 g/mol. The summed E-state index contributed by atoms with van der Waals surface area (Å²) in [5.41, 5.74) is 0.0858. The molecule has 0 spiro atoms. The SMILES string of the molecule is O=C(COc1ccc(Cl)c(F)c1)NC12CC(CC(=O)[C@@H]3CC(=O)c4ccccc4O3)(C1)C2. The molecule has 1 N–H and O–H groups in total. The molecule has 1 amide bonds. The van der Waals surface area contributed by atoms with Crippen LogP contribution in [0.1, 0.15) is 42.5 Å². The average molecular weight is 458 g/mol. The molecule has 3 fully saturated rings. The molecular formula is C24H21ClFNO5. The molecule has 3 aliphatic carbocycles. The maximum Gasteiger partial charge on any atom is 0.258 e. The highest BCUT2D eigenvalue weighted by Crippen LogP contribution is 2.69. The number of nitrogens with one attached hydrogen (secondary N) is 1. The van der Waals surface area contributed by atoms with Gasteiger partial charge in [0.2, 0.25) is 0 Å². The number of amides is 1. The number of hydrogen-bond acceptors (Lipinski definition) is 5. The van der Waals surface area contributed by atoms with Crippen molar-refractivity contribution in [3.8, 4) is 11.5 Å². The van der Waals surface area contributed by atoms with Gasteiger partial charge in [-0.25, -0.2) is 4.39 Å². The number of fused-ring (bicyclic) bond motifs is 1. The average Bonchev–Trinajstić information content (AvgIpc) is 2.72. The summed E-state index contributed by atoms with van der Waals surface area (Å²) in [7, 11) is 0. The van der Waals surface area contributed by atoms with Gasteiger partial charge in [-0.15, -0.1) is 0 Å². The maximum absolute atomic E-state index is 13.5. The minimum absolute atomic E-state index is 0.0114. The van der Waals surface area contributed by atoms with Gasteiger partial charge in [0.25, 0.3) is 5.91 Å². The van der Waals surface area contributed by atoms with Gasteiger partial charge in [-0.3, -0.25) is 14.4 Å². The van der Waals surface area contributed by atoms with Gasteiger partial charge in [0, 0.05) is 18.0 Å². The summed E-state index contributed by atoms with van der Waals surface area (Å²) in [5.74, 6) is -0.359. The summed E-state index contributed by atoms with van der Waals surface area (Å²) >= 11 is 5.63. The minimum Gasteiger partial charge on any atom is -0.484 e. The number of halogens is 2. The number of hydrogen-bond donors (Lipinski definition) is 1. The number of carbonyl (C=O) groups is 3. The van der Waals surface area contributed by atoms with Crippen LogP contribution in [-0.2, 0) is 9.59 Å². The molecule has 2 bridgehead atoms. The summed E-state index contributed by atoms with van der Waals surface area (Å²) in [6.45, 7) is -0.230. The van der Waals surface area contributed by atoms with E-state index in [0.29, 0.717) is 37.0 Å². The van der Waals surface area contributed by atoms with E-state index in [2.05, 4.69) is 5.32 Å². The number of ketones is 2. The normalized spacial score (nSPS) is 27.3. The number of carbonyl (C=O) groups excluding carboxylic acids is 3. The Morgan fingerprint density at radius 2 is 1.94 bits per heavy atom. The molecule has 166 valence electrons. The number of Topliss-reactive ketones (excluding diaryl/α,β-unsaturated/α-hetero) is 2. The van der Waals surface area contributed by atoms with Crippen LogP contribution in [0.4, 0.5) is 4.39 Å². The Morgan fingerprint density at radius 1 is 1.19 bits per heavy atom. The van der Waals surface area contributed by atoms with Gasteiger partial charge in [-0.1, -0.05) is 23.7 Å². The number of benzene rings is 2. The molecule has 1 heterocycles. The van der Waals surface area contributed by atoms with Gasteiger partial charge in [-0.05, 0) is 48.9 Å². The zero-order valence-electron chi connectivity index (χ0n) is 17.2. The smallest absolute Gasteiger partial charge is 0.258 e. The molecule has 3 saturated carbocycles. The van der Waals surface area contributed by atoms with Crippen molar-refractivity contribution in [2.24, 2.45) is 5.41 Å². The summed E-state index contributed by atoms with van der Waals surface area (Å²) in [6.07, 6.45) is 1.80. The highest BCUT2D eigenvalue weighted by Gasteiger charge is 2.68. The van der Waals surface area contributed by atoms with Crippen LogP contribution in [0, 0.1) is 11.2 Å². The van der Waals surface area contributed by atoms with Crippen molar-refractivity contribution in [3.63, 3.8) is 0 Å². The molecule has 2 aromatic carbocycles. The Kier molecular flexibility index (Phi) is 4.97. The zero-order chi connectivity index (χ0) is 22.5. The summed E-state index contributed by atoms with van der Waals surface area (Å²) < 4.78 is 24.6. The fourth-order valence-corrected chi connectivity index (χ4v) is 5.42. The Balaban J connectivity index is 1.10. The summed E-state index contributed by atoms with van der Waals surface area (Å²) in [5, 5.41) is 2.96. The van der Waals surface area contributed by atoms with E-state index in [4.69, 9.17) is 21.1 Å². The lowest BCUT2D eigenvalue weighted by atomic mass is 9.38. The minimum atomic E-state index is -0.745. The van der Waals surface area contributed by atoms with Crippen LogP contribution < -0.4 is 14.8 Å². The van der Waals surface area contributed by atoms with Crippen LogP contribution in [0.15, 0.2) is 42.5 Å². The molecule has 1 aliphatic heterocycles. The first kappa shape index (κ1) is 20.9. The van der Waals surface area contributed by atoms with Gasteiger partial charge in [0.1, 0.15) is 17.3 Å². The Hall–Kier alpha value is -2.93. The third-order valence-electron chi connectivity index (χ3n) is 6.54. The molecule has 2 aromatic rings. The van der Waals surface area contributed by atoms with Crippen LogP contribution in [-0.4, -0.2) is 35.7 Å². The molecule has 4 aliphatic rings. The molecule has 0 saturated heterocycles. The standard InChI is InChI=1S/C24H21ClFNO5/c25-16-6-5-14(7-17(16)26)31-10-22(30)27-24-11-23(12-24,13-24)9-19(29)21-8-18(28)15-3-1-2-4-20(15)32-21/h1-7,21H,8-13H2,(H,27,30)/t21-,23?,24?/m0/s1. The third kappa shape index (κ3) is 3.75. The lowest BCUT2D eigenvalue weighted by molar-refractivity contribution is -0.175. The van der Waals surface area contributed by atoms with Gasteiger partial charge in [0.15, 0.2) is 24.3 Å². The Labute approximate surface area is 189 Å². The lowest BCUT2D eigenvalue weighted by Crippen LogP contribution is -2.75. The predicted octanol–water partition coefficient (Wildman–Crippen LogP) is 3.89. The van der Waals surface area contributed by atoms with Crippen molar-refractivity contribution in [2.75, 3.05) is 6.61 Å². The lowest BCUT2D eigenvalue weighted by Gasteiger charge is -2.70. The van der Waals surface area contributed by atoms with Gasteiger partial charge < -0.3 is 14.8 Å². The fourth-order valence-electron chi connectivity index (χ4n) is 5.30. The third-order valence-corrected chi connectivity index (χ3v) is 6.85. The van der Waals surface area contributed by atoms with E-state index >= 15 is 0 Å². The van der Waals surface area contributed by atoms with Crippen LogP contribution in [0.25, 0.3) is 0 Å². The summed E-state index contributed by atoms with van der Waals surface area (Å²) in [4.78, 5) is 37.4. The second-order valence-electron chi connectivity index (χ2n) is 9.10. The second-order valence-corrected chi connectivity index (χ2v) is 9.50. The van der Waals surface area contributed by atoms with Crippen molar-refractivity contribution in [3.05, 3.63) is 58.9 Å². The van der Waals surface area contributed by atoms with Crippen molar-refractivity contribution in [1.82, 2.24) is 5.32 Å². The maximum atomic E-state index is 13.5. The first-order chi connectivity index (χ1) is 15.3. The molecule has 6 rings (SSSR count). The van der Waals surface area contributed by atoms with Gasteiger partial charge >= 0.3 is 0 Å². The molecule has 0 aromatic heterocycles. The topological polar surface area (TPSA) is 81.7 Å². The van der Waals surface area contributed by atoms with E-state index in [1.54, 1.807) is 24.3 Å². The molecule has 6 nitrogen and oxygen atoms in total. The van der Waals surface area contributed by atoms with E-state index in [0.717, 1.165) is 6.07 Å². The van der Waals surface area contributed by atoms with Crippen molar-refractivity contribution < 1.29 is 28.2 Å². The largest absolute Gasteiger partial charge is 0.484 e. The van der Waals surface area contributed by atoms with Gasteiger partial charge in [0.05, 0.1) is 17.0 Å². The van der Waals surface area contributed by atoms with E-state index in [1.807, 2.05) is 0 Å². The first-order valence-corrected chi connectivity index (χ1v) is 10.8.